The van der Waals surface area contributed by atoms with E-state index in [0.29, 0.717) is 0 Å². The number of hydrogen-bond donors (Lipinski definition) is 3. The topological polar surface area (TPSA) is 69.9 Å². The summed E-state index contributed by atoms with van der Waals surface area (Å²) in [5.41, 5.74) is -0.984. The van der Waals surface area contributed by atoms with Crippen molar-refractivity contribution in [2.24, 2.45) is 5.41 Å². The van der Waals surface area contributed by atoms with Gasteiger partial charge in [0.05, 0.1) is 41.4 Å². The fourth-order valence-corrected chi connectivity index (χ4v) is 22.2. The Hall–Kier alpha value is 0.491. The van der Waals surface area contributed by atoms with E-state index in [-0.39, 0.29) is 19.8 Å². The van der Waals surface area contributed by atoms with E-state index in [2.05, 4.69) is 58.9 Å². The van der Waals surface area contributed by atoms with Gasteiger partial charge in [-0.1, -0.05) is 39.3 Å². The quantitative estimate of drug-likeness (QED) is 0.586. The van der Waals surface area contributed by atoms with Gasteiger partial charge in [-0.2, -0.15) is 0 Å². The van der Waals surface area contributed by atoms with Crippen LogP contribution in [0.25, 0.3) is 0 Å². The molecule has 0 bridgehead atoms. The normalized spacial score (nSPS) is 15.4. The Morgan fingerprint density at radius 3 is 1.10 bits per heavy atom. The summed E-state index contributed by atoms with van der Waals surface area (Å²) in [4.78, 5) is -0.588. The molecule has 0 unspecified atom stereocenters. The standard InChI is InChI=1S/C14H36O4Si3/c1-19(2,3)14(20(4,5)6,18-21(7,8)9)13(10-15,11-16)12-17/h15-17H,10-12H2,1-9H3. The highest BCUT2D eigenvalue weighted by Gasteiger charge is 2.66. The maximum absolute atomic E-state index is 10.1. The van der Waals surface area contributed by atoms with Crippen molar-refractivity contribution in [2.45, 2.75) is 63.8 Å². The maximum Gasteiger partial charge on any atom is 0.183 e. The third-order valence-corrected chi connectivity index (χ3v) is 15.5. The third kappa shape index (κ3) is 3.88. The Bertz CT molecular complexity index is 313. The molecule has 0 aromatic carbocycles. The lowest BCUT2D eigenvalue weighted by molar-refractivity contribution is -0.0719. The lowest BCUT2D eigenvalue weighted by Gasteiger charge is -2.62. The molecule has 0 saturated heterocycles. The van der Waals surface area contributed by atoms with E-state index in [0.717, 1.165) is 0 Å². The zero-order valence-corrected chi connectivity index (χ0v) is 18.4. The monoisotopic (exact) mass is 352 g/mol. The zero-order valence-electron chi connectivity index (χ0n) is 15.4. The molecule has 0 rings (SSSR count). The first-order valence-corrected chi connectivity index (χ1v) is 18.1. The second kappa shape index (κ2) is 6.54. The molecule has 3 N–H and O–H groups in total. The largest absolute Gasteiger partial charge is 0.417 e. The molecular weight excluding hydrogens is 316 g/mol. The van der Waals surface area contributed by atoms with E-state index in [1.54, 1.807) is 0 Å². The Balaban J connectivity index is 6.57. The van der Waals surface area contributed by atoms with E-state index >= 15 is 0 Å². The van der Waals surface area contributed by atoms with Gasteiger partial charge in [-0.15, -0.1) is 0 Å². The van der Waals surface area contributed by atoms with Crippen LogP contribution in [0.2, 0.25) is 58.9 Å². The van der Waals surface area contributed by atoms with Crippen molar-refractivity contribution in [1.29, 1.82) is 0 Å². The minimum atomic E-state index is -1.99. The molecule has 0 aliphatic heterocycles. The Morgan fingerprint density at radius 1 is 0.667 bits per heavy atom. The average molecular weight is 353 g/mol. The van der Waals surface area contributed by atoms with E-state index in [1.807, 2.05) is 0 Å². The number of rotatable bonds is 8. The SMILES string of the molecule is C[Si](C)(C)OC(C(CO)(CO)CO)([Si](C)(C)C)[Si](C)(C)C. The van der Waals surface area contributed by atoms with E-state index < -0.39 is 34.7 Å². The number of aliphatic hydroxyl groups is 3. The highest BCUT2D eigenvalue weighted by atomic mass is 28.4. The summed E-state index contributed by atoms with van der Waals surface area (Å²) >= 11 is 0. The predicted molar refractivity (Wildman–Crippen MR) is 97.5 cm³/mol. The van der Waals surface area contributed by atoms with Gasteiger partial charge >= 0.3 is 0 Å². The molecule has 0 heterocycles. The van der Waals surface area contributed by atoms with Crippen LogP contribution in [0.4, 0.5) is 0 Å². The predicted octanol–water partition coefficient (Wildman–Crippen LogP) is 2.29. The van der Waals surface area contributed by atoms with Crippen LogP contribution in [-0.2, 0) is 4.43 Å². The fraction of sp³-hybridized carbons (Fsp3) is 1.00. The highest BCUT2D eigenvalue weighted by molar-refractivity contribution is 6.99. The van der Waals surface area contributed by atoms with E-state index in [1.165, 1.54) is 0 Å². The van der Waals surface area contributed by atoms with Crippen molar-refractivity contribution in [3.8, 4) is 0 Å². The first kappa shape index (κ1) is 21.5. The average Bonchev–Trinajstić information content (AvgIpc) is 2.25. The molecule has 0 fully saturated rings. The molecule has 0 spiro atoms. The molecule has 7 heteroatoms. The molecule has 0 amide bonds. The van der Waals surface area contributed by atoms with Crippen molar-refractivity contribution >= 4 is 24.5 Å². The first-order valence-electron chi connectivity index (χ1n) is 7.67. The lowest BCUT2D eigenvalue weighted by Crippen LogP contribution is -2.80. The number of hydrogen-bond acceptors (Lipinski definition) is 4. The molecule has 0 aliphatic carbocycles. The van der Waals surface area contributed by atoms with Gasteiger partial charge in [0.2, 0.25) is 0 Å². The third-order valence-electron chi connectivity index (χ3n) is 4.23. The first-order chi connectivity index (χ1) is 9.14. The van der Waals surface area contributed by atoms with Crippen molar-refractivity contribution in [3.63, 3.8) is 0 Å². The van der Waals surface area contributed by atoms with Gasteiger partial charge in [0.25, 0.3) is 0 Å². The van der Waals surface area contributed by atoms with Gasteiger partial charge in [0.1, 0.15) is 0 Å². The Labute approximate surface area is 133 Å². The van der Waals surface area contributed by atoms with Gasteiger partial charge < -0.3 is 19.7 Å². The van der Waals surface area contributed by atoms with Gasteiger partial charge in [0, 0.05) is 4.85 Å². The van der Waals surface area contributed by atoms with Crippen LogP contribution >= 0.6 is 0 Å². The maximum atomic E-state index is 10.1. The molecule has 0 saturated carbocycles. The summed E-state index contributed by atoms with van der Waals surface area (Å²) in [6.45, 7) is 19.0. The second-order valence-corrected chi connectivity index (χ2v) is 24.5. The van der Waals surface area contributed by atoms with Crippen LogP contribution in [0.5, 0.6) is 0 Å². The lowest BCUT2D eigenvalue weighted by atomic mass is 9.91. The molecule has 0 aliphatic rings. The van der Waals surface area contributed by atoms with Gasteiger partial charge in [-0.3, -0.25) is 0 Å². The van der Waals surface area contributed by atoms with Crippen molar-refractivity contribution < 1.29 is 19.7 Å². The van der Waals surface area contributed by atoms with Crippen LogP contribution < -0.4 is 0 Å². The second-order valence-electron chi connectivity index (χ2n) is 9.15. The minimum absolute atomic E-state index is 0.251. The summed E-state index contributed by atoms with van der Waals surface area (Å²) in [5.74, 6) is 0. The molecule has 0 radical (unpaired) electrons. The summed E-state index contributed by atoms with van der Waals surface area (Å²) in [5, 5.41) is 30.3. The molecular formula is C14H36O4Si3. The smallest absolute Gasteiger partial charge is 0.183 e. The van der Waals surface area contributed by atoms with Crippen molar-refractivity contribution in [2.75, 3.05) is 19.8 Å². The molecule has 0 atom stereocenters. The van der Waals surface area contributed by atoms with Crippen molar-refractivity contribution in [3.05, 3.63) is 0 Å². The molecule has 21 heavy (non-hydrogen) atoms. The summed E-state index contributed by atoms with van der Waals surface area (Å²) < 4.78 is 6.77. The Kier molecular flexibility index (Phi) is 6.70. The molecule has 4 nitrogen and oxygen atoms in total. The van der Waals surface area contributed by atoms with Crippen LogP contribution in [0.1, 0.15) is 0 Å². The fourth-order valence-electron chi connectivity index (χ4n) is 4.07. The van der Waals surface area contributed by atoms with Crippen LogP contribution in [0, 0.1) is 5.41 Å². The minimum Gasteiger partial charge on any atom is -0.417 e. The molecule has 0 aromatic heterocycles. The zero-order chi connectivity index (χ0) is 17.3. The summed E-state index contributed by atoms with van der Waals surface area (Å²) in [7, 11) is -5.91. The Morgan fingerprint density at radius 2 is 0.952 bits per heavy atom. The van der Waals surface area contributed by atoms with Crippen LogP contribution in [-0.4, -0.2) is 64.5 Å². The van der Waals surface area contributed by atoms with Gasteiger partial charge in [-0.05, 0) is 19.6 Å². The van der Waals surface area contributed by atoms with Gasteiger partial charge in [-0.25, -0.2) is 0 Å². The number of aliphatic hydroxyl groups excluding tert-OH is 3. The van der Waals surface area contributed by atoms with Crippen LogP contribution in [0.3, 0.4) is 0 Å². The summed E-state index contributed by atoms with van der Waals surface area (Å²) in [6, 6.07) is 0. The van der Waals surface area contributed by atoms with Crippen molar-refractivity contribution in [1.82, 2.24) is 0 Å². The molecule has 128 valence electrons. The summed E-state index contributed by atoms with van der Waals surface area (Å²) in [6.07, 6.45) is 0. The van der Waals surface area contributed by atoms with Crippen LogP contribution in [0.15, 0.2) is 0 Å². The molecule has 0 aromatic rings. The van der Waals surface area contributed by atoms with E-state index in [9.17, 15) is 15.3 Å². The highest BCUT2D eigenvalue weighted by Crippen LogP contribution is 2.49. The van der Waals surface area contributed by atoms with Gasteiger partial charge in [0.15, 0.2) is 8.32 Å². The van der Waals surface area contributed by atoms with E-state index in [4.69, 9.17) is 4.43 Å².